The fraction of sp³-hybridized carbons (Fsp3) is 0.522. The Kier molecular flexibility index (Phi) is 7.14. The van der Waals surface area contributed by atoms with Crippen molar-refractivity contribution in [2.24, 2.45) is 0 Å². The van der Waals surface area contributed by atoms with Gasteiger partial charge in [0.1, 0.15) is 17.5 Å². The SMILES string of the molecule is Nc1cc(CN2CCC(F)(C(=O)N3CCC(NCc4ncc(F)cc4F)CC3)CC2)ccn1. The molecule has 0 saturated carbocycles. The minimum atomic E-state index is -1.84. The van der Waals surface area contributed by atoms with Crippen molar-refractivity contribution in [2.45, 2.75) is 50.5 Å². The third kappa shape index (κ3) is 5.80. The molecule has 0 aromatic carbocycles. The number of alkyl halides is 1. The molecule has 0 spiro atoms. The fourth-order valence-corrected chi connectivity index (χ4v) is 4.51. The second-order valence-electron chi connectivity index (χ2n) is 8.86. The van der Waals surface area contributed by atoms with Crippen molar-refractivity contribution >= 4 is 11.7 Å². The highest BCUT2D eigenvalue weighted by Gasteiger charge is 2.44. The highest BCUT2D eigenvalue weighted by molar-refractivity contribution is 5.85. The number of pyridine rings is 2. The number of carbonyl (C=O) groups is 1. The quantitative estimate of drug-likeness (QED) is 0.686. The first-order valence-electron chi connectivity index (χ1n) is 11.3. The van der Waals surface area contributed by atoms with Crippen molar-refractivity contribution in [1.29, 1.82) is 0 Å². The van der Waals surface area contributed by atoms with Crippen LogP contribution in [0.4, 0.5) is 19.0 Å². The molecule has 1 amide bonds. The monoisotopic (exact) mass is 462 g/mol. The Balaban J connectivity index is 1.23. The first kappa shape index (κ1) is 23.4. The third-order valence-electron chi connectivity index (χ3n) is 6.51. The summed E-state index contributed by atoms with van der Waals surface area (Å²) >= 11 is 0. The van der Waals surface area contributed by atoms with Crippen molar-refractivity contribution in [3.05, 3.63) is 53.5 Å². The molecule has 10 heteroatoms. The molecule has 4 rings (SSSR count). The van der Waals surface area contributed by atoms with Crippen molar-refractivity contribution in [1.82, 2.24) is 25.1 Å². The van der Waals surface area contributed by atoms with Gasteiger partial charge < -0.3 is 16.0 Å². The summed E-state index contributed by atoms with van der Waals surface area (Å²) in [6, 6.07) is 4.56. The number of carbonyl (C=O) groups excluding carboxylic acids is 1. The minimum absolute atomic E-state index is 0.0607. The molecule has 2 aromatic rings. The molecule has 4 heterocycles. The summed E-state index contributed by atoms with van der Waals surface area (Å²) in [5.74, 6) is -1.37. The number of halogens is 3. The highest BCUT2D eigenvalue weighted by atomic mass is 19.1. The summed E-state index contributed by atoms with van der Waals surface area (Å²) in [5, 5.41) is 3.20. The van der Waals surface area contributed by atoms with Crippen LogP contribution in [-0.4, -0.2) is 63.6 Å². The lowest BCUT2D eigenvalue weighted by Crippen LogP contribution is -2.55. The molecule has 3 N–H and O–H groups in total. The topological polar surface area (TPSA) is 87.4 Å². The first-order valence-corrected chi connectivity index (χ1v) is 11.3. The van der Waals surface area contributed by atoms with Gasteiger partial charge in [0.05, 0.1) is 11.9 Å². The molecular formula is C23H29F3N6O. The number of nitrogens with two attached hydrogens (primary N) is 1. The molecule has 0 unspecified atom stereocenters. The summed E-state index contributed by atoms with van der Waals surface area (Å²) in [5.41, 5.74) is 5.05. The zero-order valence-electron chi connectivity index (χ0n) is 18.4. The Hall–Kier alpha value is -2.72. The van der Waals surface area contributed by atoms with Crippen molar-refractivity contribution in [3.8, 4) is 0 Å². The van der Waals surface area contributed by atoms with Crippen LogP contribution in [0.2, 0.25) is 0 Å². The average molecular weight is 463 g/mol. The molecule has 2 aromatic heterocycles. The lowest BCUT2D eigenvalue weighted by atomic mass is 9.90. The van der Waals surface area contributed by atoms with E-state index in [2.05, 4.69) is 20.2 Å². The van der Waals surface area contributed by atoms with Crippen LogP contribution in [0.3, 0.4) is 0 Å². The lowest BCUT2D eigenvalue weighted by molar-refractivity contribution is -0.148. The van der Waals surface area contributed by atoms with Crippen molar-refractivity contribution in [3.63, 3.8) is 0 Å². The number of hydrogen-bond acceptors (Lipinski definition) is 6. The number of nitrogens with zero attached hydrogens (tertiary/aromatic N) is 4. The Bertz CT molecular complexity index is 974. The van der Waals surface area contributed by atoms with Gasteiger partial charge in [-0.3, -0.25) is 14.7 Å². The first-order chi connectivity index (χ1) is 15.8. The fourth-order valence-electron chi connectivity index (χ4n) is 4.51. The number of rotatable bonds is 6. The summed E-state index contributed by atoms with van der Waals surface area (Å²) < 4.78 is 42.2. The van der Waals surface area contributed by atoms with E-state index in [0.29, 0.717) is 51.4 Å². The van der Waals surface area contributed by atoms with E-state index in [1.807, 2.05) is 6.07 Å². The van der Waals surface area contributed by atoms with Gasteiger partial charge in [0.25, 0.3) is 5.91 Å². The number of nitrogen functional groups attached to an aromatic ring is 1. The normalized spacial score (nSPS) is 19.5. The average Bonchev–Trinajstić information content (AvgIpc) is 2.80. The maximum absolute atomic E-state index is 15.5. The van der Waals surface area contributed by atoms with Gasteiger partial charge in [-0.15, -0.1) is 0 Å². The van der Waals surface area contributed by atoms with E-state index in [9.17, 15) is 13.6 Å². The van der Waals surface area contributed by atoms with Gasteiger partial charge in [0.15, 0.2) is 5.67 Å². The Labute approximate surface area is 191 Å². The van der Waals surface area contributed by atoms with Crippen LogP contribution in [0.5, 0.6) is 0 Å². The molecule has 2 aliphatic heterocycles. The predicted octanol–water partition coefficient (Wildman–Crippen LogP) is 2.42. The van der Waals surface area contributed by atoms with E-state index in [4.69, 9.17) is 5.73 Å². The van der Waals surface area contributed by atoms with E-state index in [1.165, 1.54) is 0 Å². The molecule has 7 nitrogen and oxygen atoms in total. The maximum atomic E-state index is 15.5. The van der Waals surface area contributed by atoms with Crippen LogP contribution in [0.15, 0.2) is 30.6 Å². The molecule has 0 bridgehead atoms. The molecule has 2 fully saturated rings. The predicted molar refractivity (Wildman–Crippen MR) is 118 cm³/mol. The van der Waals surface area contributed by atoms with Gasteiger partial charge in [0, 0.05) is 70.4 Å². The largest absolute Gasteiger partial charge is 0.384 e. The number of anilines is 1. The molecule has 0 radical (unpaired) electrons. The number of likely N-dealkylation sites (tertiary alicyclic amines) is 2. The summed E-state index contributed by atoms with van der Waals surface area (Å²) in [7, 11) is 0. The third-order valence-corrected chi connectivity index (χ3v) is 6.51. The van der Waals surface area contributed by atoms with E-state index < -0.39 is 23.2 Å². The lowest BCUT2D eigenvalue weighted by Gasteiger charge is -2.40. The van der Waals surface area contributed by atoms with Crippen molar-refractivity contribution in [2.75, 3.05) is 31.9 Å². The van der Waals surface area contributed by atoms with Crippen molar-refractivity contribution < 1.29 is 18.0 Å². The number of piperidine rings is 2. The Morgan fingerprint density at radius 3 is 2.55 bits per heavy atom. The number of hydrogen-bond donors (Lipinski definition) is 2. The maximum Gasteiger partial charge on any atom is 0.260 e. The summed E-state index contributed by atoms with van der Waals surface area (Å²) in [6.45, 7) is 2.72. The van der Waals surface area contributed by atoms with Gasteiger partial charge in [-0.05, 0) is 30.5 Å². The smallest absolute Gasteiger partial charge is 0.260 e. The zero-order chi connectivity index (χ0) is 23.4. The van der Waals surface area contributed by atoms with E-state index in [-0.39, 0.29) is 31.1 Å². The second-order valence-corrected chi connectivity index (χ2v) is 8.86. The number of nitrogens with one attached hydrogen (secondary N) is 1. The molecular weight excluding hydrogens is 433 g/mol. The molecule has 33 heavy (non-hydrogen) atoms. The van der Waals surface area contributed by atoms with Crippen LogP contribution < -0.4 is 11.1 Å². The van der Waals surface area contributed by atoms with Gasteiger partial charge in [-0.25, -0.2) is 18.2 Å². The number of aromatic nitrogens is 2. The number of amides is 1. The van der Waals surface area contributed by atoms with Crippen LogP contribution >= 0.6 is 0 Å². The second kappa shape index (κ2) is 10.0. The molecule has 2 aliphatic rings. The van der Waals surface area contributed by atoms with E-state index >= 15 is 4.39 Å². The molecule has 178 valence electrons. The molecule has 2 saturated heterocycles. The van der Waals surface area contributed by atoms with Crippen LogP contribution in [0.25, 0.3) is 0 Å². The van der Waals surface area contributed by atoms with E-state index in [1.54, 1.807) is 17.2 Å². The highest BCUT2D eigenvalue weighted by Crippen LogP contribution is 2.31. The van der Waals surface area contributed by atoms with Gasteiger partial charge >= 0.3 is 0 Å². The van der Waals surface area contributed by atoms with E-state index in [0.717, 1.165) is 17.8 Å². The standard InChI is InChI=1S/C23H29F3N6O/c24-17-12-19(25)20(30-13-17)14-29-18-2-7-32(8-3-18)22(33)23(26)4-9-31(10-5-23)15-16-1-6-28-21(27)11-16/h1,6,11-13,18,29H,2-5,7-10,14-15H2,(H2,27,28). The Morgan fingerprint density at radius 1 is 1.15 bits per heavy atom. The Morgan fingerprint density at radius 2 is 1.88 bits per heavy atom. The van der Waals surface area contributed by atoms with Gasteiger partial charge in [-0.2, -0.15) is 0 Å². The summed E-state index contributed by atoms with van der Waals surface area (Å²) in [6.07, 6.45) is 4.25. The van der Waals surface area contributed by atoms with Crippen LogP contribution in [0, 0.1) is 11.6 Å². The summed E-state index contributed by atoms with van der Waals surface area (Å²) in [4.78, 5) is 24.4. The minimum Gasteiger partial charge on any atom is -0.384 e. The van der Waals surface area contributed by atoms with Crippen LogP contribution in [0.1, 0.15) is 36.9 Å². The molecule has 0 atom stereocenters. The molecule has 0 aliphatic carbocycles. The van der Waals surface area contributed by atoms with Crippen LogP contribution in [-0.2, 0) is 17.9 Å². The van der Waals surface area contributed by atoms with Gasteiger partial charge in [-0.1, -0.05) is 0 Å². The zero-order valence-corrected chi connectivity index (χ0v) is 18.4. The van der Waals surface area contributed by atoms with Gasteiger partial charge in [0.2, 0.25) is 0 Å².